The molecular weight excluding hydrogens is 288 g/mol. The summed E-state index contributed by atoms with van der Waals surface area (Å²) in [6.45, 7) is 0. The van der Waals surface area contributed by atoms with Crippen LogP contribution in [0.15, 0.2) is 30.3 Å². The lowest BCUT2D eigenvalue weighted by Crippen LogP contribution is -2.47. The van der Waals surface area contributed by atoms with Gasteiger partial charge in [-0.2, -0.15) is 11.8 Å². The summed E-state index contributed by atoms with van der Waals surface area (Å²) in [6.07, 6.45) is 3.24. The van der Waals surface area contributed by atoms with Crippen molar-refractivity contribution < 1.29 is 14.7 Å². The normalized spacial score (nSPS) is 21.4. The third-order valence-corrected chi connectivity index (χ3v) is 4.19. The molecule has 1 aromatic carbocycles. The fourth-order valence-corrected chi connectivity index (χ4v) is 2.76. The van der Waals surface area contributed by atoms with E-state index in [-0.39, 0.29) is 6.04 Å². The van der Waals surface area contributed by atoms with Crippen molar-refractivity contribution in [3.05, 3.63) is 35.9 Å². The van der Waals surface area contributed by atoms with E-state index >= 15 is 0 Å². The van der Waals surface area contributed by atoms with Gasteiger partial charge in [0.15, 0.2) is 0 Å². The minimum atomic E-state index is -0.991. The number of thioether (sulfide) groups is 1. The highest BCUT2D eigenvalue weighted by molar-refractivity contribution is 7.98. The maximum Gasteiger partial charge on any atom is 0.326 e. The van der Waals surface area contributed by atoms with Gasteiger partial charge in [0.1, 0.15) is 6.04 Å². The standard InChI is InChI=1S/C15H20N2O3S/c1-21-8-7-12(14(18)19)16-15(20)17-13-9-11(13)10-5-3-2-4-6-10/h2-6,11-13H,7-9H2,1H3,(H,18,19)(H2,16,17,20). The Kier molecular flexibility index (Phi) is 5.50. The number of hydrogen-bond donors (Lipinski definition) is 3. The minimum absolute atomic E-state index is 0.0994. The summed E-state index contributed by atoms with van der Waals surface area (Å²) in [5, 5.41) is 14.5. The van der Waals surface area contributed by atoms with Crippen LogP contribution in [0.25, 0.3) is 0 Å². The molecule has 5 nitrogen and oxygen atoms in total. The number of carbonyl (C=O) groups is 2. The maximum absolute atomic E-state index is 11.9. The van der Waals surface area contributed by atoms with Crippen molar-refractivity contribution in [2.75, 3.05) is 12.0 Å². The first kappa shape index (κ1) is 15.7. The smallest absolute Gasteiger partial charge is 0.326 e. The van der Waals surface area contributed by atoms with Gasteiger partial charge in [0.25, 0.3) is 0 Å². The Balaban J connectivity index is 1.79. The van der Waals surface area contributed by atoms with E-state index < -0.39 is 18.0 Å². The first-order chi connectivity index (χ1) is 10.1. The average molecular weight is 308 g/mol. The van der Waals surface area contributed by atoms with Crippen molar-refractivity contribution in [1.82, 2.24) is 10.6 Å². The van der Waals surface area contributed by atoms with E-state index in [0.29, 0.717) is 18.1 Å². The van der Waals surface area contributed by atoms with E-state index in [4.69, 9.17) is 5.11 Å². The zero-order chi connectivity index (χ0) is 15.2. The lowest BCUT2D eigenvalue weighted by Gasteiger charge is -2.14. The number of amides is 2. The summed E-state index contributed by atoms with van der Waals surface area (Å²) in [6, 6.07) is 8.89. The Morgan fingerprint density at radius 3 is 2.71 bits per heavy atom. The van der Waals surface area contributed by atoms with E-state index in [1.165, 1.54) is 5.56 Å². The van der Waals surface area contributed by atoms with E-state index in [1.807, 2.05) is 36.6 Å². The predicted molar refractivity (Wildman–Crippen MR) is 83.7 cm³/mol. The van der Waals surface area contributed by atoms with Gasteiger partial charge in [-0.15, -0.1) is 0 Å². The number of hydrogen-bond acceptors (Lipinski definition) is 3. The van der Waals surface area contributed by atoms with Gasteiger partial charge in [-0.3, -0.25) is 0 Å². The number of urea groups is 1. The van der Waals surface area contributed by atoms with Crippen molar-refractivity contribution in [1.29, 1.82) is 0 Å². The quantitative estimate of drug-likeness (QED) is 0.720. The van der Waals surface area contributed by atoms with Gasteiger partial charge in [-0.1, -0.05) is 30.3 Å². The summed E-state index contributed by atoms with van der Waals surface area (Å²) in [4.78, 5) is 22.9. The minimum Gasteiger partial charge on any atom is -0.480 e. The van der Waals surface area contributed by atoms with Gasteiger partial charge in [-0.25, -0.2) is 9.59 Å². The SMILES string of the molecule is CSCCC(NC(=O)NC1CC1c1ccccc1)C(=O)O. The van der Waals surface area contributed by atoms with Crippen LogP contribution in [0.3, 0.4) is 0 Å². The Labute approximate surface area is 128 Å². The van der Waals surface area contributed by atoms with E-state index in [1.54, 1.807) is 11.8 Å². The molecule has 3 unspecified atom stereocenters. The molecule has 0 saturated heterocycles. The van der Waals surface area contributed by atoms with Gasteiger partial charge in [0, 0.05) is 12.0 Å². The molecule has 1 fully saturated rings. The van der Waals surface area contributed by atoms with Crippen LogP contribution in [0, 0.1) is 0 Å². The Morgan fingerprint density at radius 2 is 2.10 bits per heavy atom. The average Bonchev–Trinajstić information content (AvgIpc) is 3.23. The van der Waals surface area contributed by atoms with Crippen molar-refractivity contribution in [3.63, 3.8) is 0 Å². The zero-order valence-electron chi connectivity index (χ0n) is 11.9. The van der Waals surface area contributed by atoms with Crippen LogP contribution in [-0.4, -0.2) is 41.2 Å². The van der Waals surface area contributed by atoms with E-state index in [0.717, 1.165) is 6.42 Å². The van der Waals surface area contributed by atoms with Gasteiger partial charge in [0.05, 0.1) is 0 Å². The molecule has 3 atom stereocenters. The first-order valence-corrected chi connectivity index (χ1v) is 8.35. The predicted octanol–water partition coefficient (Wildman–Crippen LogP) is 2.05. The molecule has 6 heteroatoms. The maximum atomic E-state index is 11.9. The van der Waals surface area contributed by atoms with Gasteiger partial charge in [-0.05, 0) is 30.4 Å². The molecule has 1 aliphatic carbocycles. The van der Waals surface area contributed by atoms with E-state index in [2.05, 4.69) is 10.6 Å². The Hall–Kier alpha value is -1.69. The van der Waals surface area contributed by atoms with Crippen LogP contribution in [0.4, 0.5) is 4.79 Å². The Bertz CT molecular complexity index is 495. The van der Waals surface area contributed by atoms with Crippen LogP contribution in [-0.2, 0) is 4.79 Å². The molecule has 1 saturated carbocycles. The van der Waals surface area contributed by atoms with Gasteiger partial charge in [0.2, 0.25) is 0 Å². The molecular formula is C15H20N2O3S. The number of benzene rings is 1. The monoisotopic (exact) mass is 308 g/mol. The molecule has 21 heavy (non-hydrogen) atoms. The topological polar surface area (TPSA) is 78.4 Å². The zero-order valence-corrected chi connectivity index (χ0v) is 12.7. The van der Waals surface area contributed by atoms with Crippen molar-refractivity contribution in [3.8, 4) is 0 Å². The van der Waals surface area contributed by atoms with Crippen molar-refractivity contribution in [2.24, 2.45) is 0 Å². The summed E-state index contributed by atoms with van der Waals surface area (Å²) in [5.41, 5.74) is 1.21. The van der Waals surface area contributed by atoms with Gasteiger partial charge >= 0.3 is 12.0 Å². The van der Waals surface area contributed by atoms with Crippen LogP contribution < -0.4 is 10.6 Å². The van der Waals surface area contributed by atoms with Crippen LogP contribution in [0.2, 0.25) is 0 Å². The first-order valence-electron chi connectivity index (χ1n) is 6.95. The highest BCUT2D eigenvalue weighted by Crippen LogP contribution is 2.40. The lowest BCUT2D eigenvalue weighted by atomic mass is 10.1. The molecule has 114 valence electrons. The van der Waals surface area contributed by atoms with Crippen LogP contribution in [0.5, 0.6) is 0 Å². The molecule has 0 radical (unpaired) electrons. The Morgan fingerprint density at radius 1 is 1.38 bits per heavy atom. The molecule has 2 rings (SSSR count). The molecule has 0 aliphatic heterocycles. The second-order valence-corrected chi connectivity index (χ2v) is 6.14. The van der Waals surface area contributed by atoms with Crippen LogP contribution >= 0.6 is 11.8 Å². The molecule has 1 aliphatic rings. The number of carboxylic acids is 1. The molecule has 3 N–H and O–H groups in total. The number of aliphatic carboxylic acids is 1. The molecule has 2 amide bonds. The van der Waals surface area contributed by atoms with Crippen molar-refractivity contribution >= 4 is 23.8 Å². The summed E-state index contributed by atoms with van der Waals surface area (Å²) < 4.78 is 0. The summed E-state index contributed by atoms with van der Waals surface area (Å²) >= 11 is 1.56. The lowest BCUT2D eigenvalue weighted by molar-refractivity contribution is -0.139. The third-order valence-electron chi connectivity index (χ3n) is 3.55. The van der Waals surface area contributed by atoms with E-state index in [9.17, 15) is 9.59 Å². The second-order valence-electron chi connectivity index (χ2n) is 5.15. The van der Waals surface area contributed by atoms with Crippen molar-refractivity contribution in [2.45, 2.75) is 30.8 Å². The van der Waals surface area contributed by atoms with Gasteiger partial charge < -0.3 is 15.7 Å². The summed E-state index contributed by atoms with van der Waals surface area (Å²) in [5.74, 6) is 0.0499. The number of carbonyl (C=O) groups excluding carboxylic acids is 1. The highest BCUT2D eigenvalue weighted by atomic mass is 32.2. The largest absolute Gasteiger partial charge is 0.480 e. The highest BCUT2D eigenvalue weighted by Gasteiger charge is 2.39. The molecule has 0 spiro atoms. The summed E-state index contributed by atoms with van der Waals surface area (Å²) in [7, 11) is 0. The third kappa shape index (κ3) is 4.67. The molecule has 0 heterocycles. The fourth-order valence-electron chi connectivity index (χ4n) is 2.28. The second kappa shape index (κ2) is 7.36. The molecule has 0 aromatic heterocycles. The van der Waals surface area contributed by atoms with Crippen LogP contribution in [0.1, 0.15) is 24.3 Å². The fraction of sp³-hybridized carbons (Fsp3) is 0.467. The number of carboxylic acid groups (broad SMARTS) is 1. The number of nitrogens with one attached hydrogen (secondary N) is 2. The number of rotatable bonds is 7. The molecule has 0 bridgehead atoms. The molecule has 1 aromatic rings.